The van der Waals surface area contributed by atoms with E-state index in [1.807, 2.05) is 38.1 Å². The van der Waals surface area contributed by atoms with E-state index in [1.165, 1.54) is 0 Å². The van der Waals surface area contributed by atoms with Gasteiger partial charge in [-0.25, -0.2) is 4.79 Å². The van der Waals surface area contributed by atoms with E-state index in [4.69, 9.17) is 28.1 Å². The molecule has 9 heteroatoms. The van der Waals surface area contributed by atoms with Gasteiger partial charge in [-0.2, -0.15) is 4.98 Å². The summed E-state index contributed by atoms with van der Waals surface area (Å²) in [6.45, 7) is 8.64. The first-order valence-corrected chi connectivity index (χ1v) is 12.0. The minimum Gasteiger partial charge on any atom is -0.475 e. The number of esters is 1. The Morgan fingerprint density at radius 1 is 0.833 bits per heavy atom. The third-order valence-corrected chi connectivity index (χ3v) is 5.26. The van der Waals surface area contributed by atoms with Gasteiger partial charge < -0.3 is 28.1 Å². The van der Waals surface area contributed by atoms with Gasteiger partial charge in [0.1, 0.15) is 13.2 Å². The molecular weight excluding hydrogens is 466 g/mol. The van der Waals surface area contributed by atoms with Crippen molar-refractivity contribution in [2.24, 2.45) is 0 Å². The van der Waals surface area contributed by atoms with Crippen molar-refractivity contribution in [3.63, 3.8) is 0 Å². The predicted molar refractivity (Wildman–Crippen MR) is 134 cm³/mol. The Bertz CT molecular complexity index is 1190. The molecule has 2 heterocycles. The van der Waals surface area contributed by atoms with Crippen LogP contribution in [-0.4, -0.2) is 63.8 Å². The number of carbonyl (C=O) groups excluding carboxylic acids is 1. The average molecular weight is 500 g/mol. The van der Waals surface area contributed by atoms with E-state index in [-0.39, 0.29) is 18.3 Å². The molecule has 0 atom stereocenters. The number of nitrogens with zero attached hydrogens (tertiary/aromatic N) is 1. The number of ether oxygens (including phenoxy) is 5. The third kappa shape index (κ3) is 8.44. The lowest BCUT2D eigenvalue weighted by Gasteiger charge is -2.09. The maximum Gasteiger partial charge on any atom is 0.345 e. The molecule has 0 N–H and O–H groups in total. The highest BCUT2D eigenvalue weighted by Crippen LogP contribution is 2.25. The fourth-order valence-electron chi connectivity index (χ4n) is 3.34. The topological polar surface area (TPSA) is 106 Å². The lowest BCUT2D eigenvalue weighted by molar-refractivity contribution is -0.144. The highest BCUT2D eigenvalue weighted by atomic mass is 16.6. The molecule has 3 aromatic rings. The van der Waals surface area contributed by atoms with Crippen molar-refractivity contribution < 1.29 is 32.9 Å². The second-order valence-corrected chi connectivity index (χ2v) is 8.07. The van der Waals surface area contributed by atoms with Crippen molar-refractivity contribution in [3.8, 4) is 17.0 Å². The maximum atomic E-state index is 12.6. The van der Waals surface area contributed by atoms with Crippen molar-refractivity contribution >= 4 is 17.1 Å². The van der Waals surface area contributed by atoms with E-state index in [0.29, 0.717) is 64.1 Å². The summed E-state index contributed by atoms with van der Waals surface area (Å²) in [4.78, 5) is 27.9. The molecular formula is C27H33NO8. The fourth-order valence-corrected chi connectivity index (χ4v) is 3.34. The number of hydrogen-bond acceptors (Lipinski definition) is 9. The Kier molecular flexibility index (Phi) is 10.9. The average Bonchev–Trinajstić information content (AvgIpc) is 2.87. The number of aromatic nitrogens is 1. The molecule has 2 aromatic heterocycles. The zero-order valence-electron chi connectivity index (χ0n) is 21.0. The van der Waals surface area contributed by atoms with Gasteiger partial charge in [-0.05, 0) is 37.1 Å². The quantitative estimate of drug-likeness (QED) is 0.228. The largest absolute Gasteiger partial charge is 0.475 e. The Labute approximate surface area is 210 Å². The van der Waals surface area contributed by atoms with E-state index in [2.05, 4.69) is 4.98 Å². The number of hydrogen-bond donors (Lipinski definition) is 0. The molecule has 3 rings (SSSR count). The summed E-state index contributed by atoms with van der Waals surface area (Å²) in [6.07, 6.45) is 0.362. The summed E-state index contributed by atoms with van der Waals surface area (Å²) >= 11 is 0. The molecule has 0 saturated carbocycles. The normalized spacial score (nSPS) is 11.1. The van der Waals surface area contributed by atoms with Crippen LogP contribution in [0.2, 0.25) is 0 Å². The molecule has 0 fully saturated rings. The summed E-state index contributed by atoms with van der Waals surface area (Å²) in [5.74, 6) is 0.119. The standard InChI is InChI=1S/C27H33NO8/c1-4-25(29)35-16-14-33-12-10-31-9-11-32-13-15-34-24-8-7-21-18-23(27(30)36-26(21)28-24)22-17-19(2)5-6-20(22)3/h5-8,17-18H,4,9-16H2,1-3H3. The second kappa shape index (κ2) is 14.3. The van der Waals surface area contributed by atoms with E-state index >= 15 is 0 Å². The predicted octanol–water partition coefficient (Wildman–Crippen LogP) is 3.85. The second-order valence-electron chi connectivity index (χ2n) is 8.07. The van der Waals surface area contributed by atoms with Crippen molar-refractivity contribution in [1.29, 1.82) is 0 Å². The SMILES string of the molecule is CCC(=O)OCCOCCOCCOCCOc1ccc2cc(-c3cc(C)ccc3C)c(=O)oc2n1. The molecule has 0 aliphatic carbocycles. The Hall–Kier alpha value is -3.27. The van der Waals surface area contributed by atoms with Crippen LogP contribution in [0.1, 0.15) is 24.5 Å². The third-order valence-electron chi connectivity index (χ3n) is 5.26. The Morgan fingerprint density at radius 3 is 2.19 bits per heavy atom. The molecule has 1 aromatic carbocycles. The van der Waals surface area contributed by atoms with Crippen LogP contribution in [0.15, 0.2) is 45.6 Å². The van der Waals surface area contributed by atoms with Crippen molar-refractivity contribution in [1.82, 2.24) is 4.98 Å². The molecule has 0 unspecified atom stereocenters. The summed E-state index contributed by atoms with van der Waals surface area (Å²) < 4.78 is 32.2. The molecule has 9 nitrogen and oxygen atoms in total. The van der Waals surface area contributed by atoms with Gasteiger partial charge in [-0.15, -0.1) is 0 Å². The minimum absolute atomic E-state index is 0.228. The van der Waals surface area contributed by atoms with Gasteiger partial charge in [0.15, 0.2) is 0 Å². The number of benzene rings is 1. The zero-order chi connectivity index (χ0) is 25.8. The van der Waals surface area contributed by atoms with Gasteiger partial charge in [-0.3, -0.25) is 4.79 Å². The van der Waals surface area contributed by atoms with Crippen LogP contribution >= 0.6 is 0 Å². The van der Waals surface area contributed by atoms with Gasteiger partial charge in [0.25, 0.3) is 0 Å². The van der Waals surface area contributed by atoms with Crippen molar-refractivity contribution in [3.05, 3.63) is 57.9 Å². The first-order valence-electron chi connectivity index (χ1n) is 12.0. The van der Waals surface area contributed by atoms with E-state index in [0.717, 1.165) is 22.1 Å². The van der Waals surface area contributed by atoms with Crippen molar-refractivity contribution in [2.45, 2.75) is 27.2 Å². The maximum absolute atomic E-state index is 12.6. The number of rotatable bonds is 15. The van der Waals surface area contributed by atoms with Gasteiger partial charge >= 0.3 is 11.6 Å². The molecule has 0 bridgehead atoms. The van der Waals surface area contributed by atoms with Crippen LogP contribution < -0.4 is 10.4 Å². The first kappa shape index (κ1) is 27.3. The van der Waals surface area contributed by atoms with E-state index < -0.39 is 5.63 Å². The van der Waals surface area contributed by atoms with Crippen LogP contribution in [0.25, 0.3) is 22.2 Å². The lowest BCUT2D eigenvalue weighted by atomic mass is 9.99. The number of fused-ring (bicyclic) bond motifs is 1. The zero-order valence-corrected chi connectivity index (χ0v) is 21.0. The molecule has 194 valence electrons. The van der Waals surface area contributed by atoms with Gasteiger partial charge in [0.2, 0.25) is 11.6 Å². The number of aryl methyl sites for hydroxylation is 2. The molecule has 0 aliphatic heterocycles. The molecule has 0 spiro atoms. The molecule has 0 aliphatic rings. The monoisotopic (exact) mass is 499 g/mol. The van der Waals surface area contributed by atoms with Gasteiger partial charge in [-0.1, -0.05) is 30.7 Å². The summed E-state index contributed by atoms with van der Waals surface area (Å²) in [5.41, 5.74) is 3.24. The summed E-state index contributed by atoms with van der Waals surface area (Å²) in [5, 5.41) is 0.720. The molecule has 36 heavy (non-hydrogen) atoms. The van der Waals surface area contributed by atoms with Gasteiger partial charge in [0.05, 0.1) is 45.2 Å². The first-order chi connectivity index (χ1) is 17.5. The minimum atomic E-state index is -0.436. The number of pyridine rings is 1. The smallest absolute Gasteiger partial charge is 0.345 e. The summed E-state index contributed by atoms with van der Waals surface area (Å²) in [6, 6.07) is 11.3. The van der Waals surface area contributed by atoms with Crippen LogP contribution in [0.5, 0.6) is 5.88 Å². The van der Waals surface area contributed by atoms with E-state index in [9.17, 15) is 9.59 Å². The number of carbonyl (C=O) groups is 1. The van der Waals surface area contributed by atoms with Crippen LogP contribution in [-0.2, 0) is 23.7 Å². The fraction of sp³-hybridized carbons (Fsp3) is 0.444. The Morgan fingerprint density at radius 2 is 1.50 bits per heavy atom. The molecule has 0 amide bonds. The lowest BCUT2D eigenvalue weighted by Crippen LogP contribution is -2.14. The van der Waals surface area contributed by atoms with Crippen LogP contribution in [0.3, 0.4) is 0 Å². The van der Waals surface area contributed by atoms with Crippen LogP contribution in [0.4, 0.5) is 0 Å². The van der Waals surface area contributed by atoms with Crippen molar-refractivity contribution in [2.75, 3.05) is 52.9 Å². The van der Waals surface area contributed by atoms with E-state index in [1.54, 1.807) is 19.1 Å². The van der Waals surface area contributed by atoms with Crippen LogP contribution in [0, 0.1) is 13.8 Å². The molecule has 0 saturated heterocycles. The highest BCUT2D eigenvalue weighted by Gasteiger charge is 2.12. The van der Waals surface area contributed by atoms with Gasteiger partial charge in [0, 0.05) is 17.9 Å². The highest BCUT2D eigenvalue weighted by molar-refractivity contribution is 5.80. The molecule has 0 radical (unpaired) electrons. The Balaban J connectivity index is 1.34. The summed E-state index contributed by atoms with van der Waals surface area (Å²) in [7, 11) is 0.